The summed E-state index contributed by atoms with van der Waals surface area (Å²) >= 11 is 3.14. The Morgan fingerprint density at radius 1 is 1.19 bits per heavy atom. The number of aromatic hydroxyl groups is 1. The van der Waals surface area contributed by atoms with Crippen LogP contribution in [0.5, 0.6) is 5.75 Å². The van der Waals surface area contributed by atoms with E-state index in [9.17, 15) is 23.6 Å². The van der Waals surface area contributed by atoms with Crippen LogP contribution in [0.15, 0.2) is 51.8 Å². The van der Waals surface area contributed by atoms with Crippen LogP contribution in [-0.4, -0.2) is 18.4 Å². The van der Waals surface area contributed by atoms with E-state index in [0.717, 1.165) is 12.1 Å². The predicted octanol–water partition coefficient (Wildman–Crippen LogP) is 2.86. The van der Waals surface area contributed by atoms with Crippen molar-refractivity contribution in [1.82, 2.24) is 0 Å². The van der Waals surface area contributed by atoms with Crippen LogP contribution in [0, 0.1) is 10.1 Å². The van der Waals surface area contributed by atoms with E-state index in [4.69, 9.17) is 0 Å². The Morgan fingerprint density at radius 2 is 1.86 bits per heavy atom. The predicted molar refractivity (Wildman–Crippen MR) is 79.7 cm³/mol. The summed E-state index contributed by atoms with van der Waals surface area (Å²) in [6.07, 6.45) is 0. The van der Waals surface area contributed by atoms with Crippen molar-refractivity contribution >= 4 is 37.3 Å². The zero-order valence-electron chi connectivity index (χ0n) is 10.4. The maximum Gasteiger partial charge on any atom is 0.289 e. The first-order chi connectivity index (χ1) is 9.81. The van der Waals surface area contributed by atoms with E-state index in [1.54, 1.807) is 0 Å². The number of para-hydroxylation sites is 1. The number of benzene rings is 2. The van der Waals surface area contributed by atoms with Crippen molar-refractivity contribution in [3.05, 3.63) is 57.1 Å². The zero-order chi connectivity index (χ0) is 15.6. The first-order valence-corrected chi connectivity index (χ1v) is 7.83. The second-order valence-electron chi connectivity index (χ2n) is 3.99. The molecule has 0 saturated carbocycles. The van der Waals surface area contributed by atoms with Crippen molar-refractivity contribution in [3.8, 4) is 5.75 Å². The molecule has 0 spiro atoms. The second kappa shape index (κ2) is 5.70. The number of phenolic OH excluding ortho intramolecular Hbond substituents is 1. The lowest BCUT2D eigenvalue weighted by atomic mass is 10.3. The number of nitrogens with zero attached hydrogens (tertiary/aromatic N) is 1. The smallest absolute Gasteiger partial charge is 0.289 e. The first-order valence-electron chi connectivity index (χ1n) is 5.56. The number of hydrogen-bond acceptors (Lipinski definition) is 5. The summed E-state index contributed by atoms with van der Waals surface area (Å²) in [6.45, 7) is 0. The Bertz CT molecular complexity index is 807. The molecule has 21 heavy (non-hydrogen) atoms. The van der Waals surface area contributed by atoms with Crippen LogP contribution in [0.3, 0.4) is 0 Å². The lowest BCUT2D eigenvalue weighted by molar-refractivity contribution is -0.387. The van der Waals surface area contributed by atoms with Gasteiger partial charge < -0.3 is 5.11 Å². The zero-order valence-corrected chi connectivity index (χ0v) is 12.8. The van der Waals surface area contributed by atoms with Crippen LogP contribution in [0.4, 0.5) is 11.4 Å². The van der Waals surface area contributed by atoms with Crippen LogP contribution in [-0.2, 0) is 10.0 Å². The number of hydrogen-bond donors (Lipinski definition) is 2. The molecule has 0 bridgehead atoms. The fraction of sp³-hybridized carbons (Fsp3) is 0. The Labute approximate surface area is 128 Å². The van der Waals surface area contributed by atoms with Gasteiger partial charge in [-0.25, -0.2) is 8.42 Å². The van der Waals surface area contributed by atoms with Crippen molar-refractivity contribution in [1.29, 1.82) is 0 Å². The van der Waals surface area contributed by atoms with Crippen molar-refractivity contribution in [2.24, 2.45) is 0 Å². The van der Waals surface area contributed by atoms with Gasteiger partial charge in [-0.15, -0.1) is 0 Å². The summed E-state index contributed by atoms with van der Waals surface area (Å²) in [5, 5.41) is 20.5. The van der Waals surface area contributed by atoms with Gasteiger partial charge in [0, 0.05) is 10.5 Å². The Kier molecular flexibility index (Phi) is 4.14. The standard InChI is InChI=1S/C12H9BrN2O5S/c13-8-5-6-11(16)9(7-8)14-21(19,20)12-4-2-1-3-10(12)15(17)18/h1-7,14,16H. The third-order valence-corrected chi connectivity index (χ3v) is 4.46. The van der Waals surface area contributed by atoms with Gasteiger partial charge in [-0.1, -0.05) is 28.1 Å². The topological polar surface area (TPSA) is 110 Å². The molecule has 9 heteroatoms. The highest BCUT2D eigenvalue weighted by Crippen LogP contribution is 2.31. The molecule has 0 aliphatic carbocycles. The fourth-order valence-electron chi connectivity index (χ4n) is 1.62. The summed E-state index contributed by atoms with van der Waals surface area (Å²) < 4.78 is 27.2. The van der Waals surface area contributed by atoms with Crippen LogP contribution >= 0.6 is 15.9 Å². The van der Waals surface area contributed by atoms with Crippen molar-refractivity contribution < 1.29 is 18.4 Å². The molecule has 0 amide bonds. The Balaban J connectivity index is 2.49. The van der Waals surface area contributed by atoms with Gasteiger partial charge in [-0.3, -0.25) is 14.8 Å². The van der Waals surface area contributed by atoms with Gasteiger partial charge in [0.1, 0.15) is 5.75 Å². The highest BCUT2D eigenvalue weighted by Gasteiger charge is 2.25. The average Bonchev–Trinajstić information content (AvgIpc) is 2.42. The van der Waals surface area contributed by atoms with E-state index in [1.165, 1.54) is 30.3 Å². The molecule has 0 heterocycles. The van der Waals surface area contributed by atoms with Crippen molar-refractivity contribution in [2.45, 2.75) is 4.90 Å². The number of anilines is 1. The molecule has 0 fully saturated rings. The number of nitro groups is 1. The van der Waals surface area contributed by atoms with Gasteiger partial charge in [-0.2, -0.15) is 0 Å². The molecule has 2 aromatic carbocycles. The van der Waals surface area contributed by atoms with E-state index in [-0.39, 0.29) is 11.4 Å². The third kappa shape index (κ3) is 3.31. The number of rotatable bonds is 4. The molecular formula is C12H9BrN2O5S. The lowest BCUT2D eigenvalue weighted by Gasteiger charge is -2.10. The van der Waals surface area contributed by atoms with Crippen LogP contribution in [0.25, 0.3) is 0 Å². The van der Waals surface area contributed by atoms with Gasteiger partial charge in [0.05, 0.1) is 10.6 Å². The molecule has 0 aliphatic rings. The van der Waals surface area contributed by atoms with E-state index in [0.29, 0.717) is 4.47 Å². The highest BCUT2D eigenvalue weighted by atomic mass is 79.9. The number of sulfonamides is 1. The molecule has 0 unspecified atom stereocenters. The minimum Gasteiger partial charge on any atom is -0.506 e. The number of phenols is 1. The molecule has 2 N–H and O–H groups in total. The van der Waals surface area contributed by atoms with Gasteiger partial charge in [0.25, 0.3) is 15.7 Å². The SMILES string of the molecule is O=[N+]([O-])c1ccccc1S(=O)(=O)Nc1cc(Br)ccc1O. The van der Waals surface area contributed by atoms with Gasteiger partial charge >= 0.3 is 0 Å². The Hall–Kier alpha value is -2.13. The molecular weight excluding hydrogens is 364 g/mol. The van der Waals surface area contributed by atoms with Crippen LogP contribution in [0.1, 0.15) is 0 Å². The fourth-order valence-corrected chi connectivity index (χ4v) is 3.22. The average molecular weight is 373 g/mol. The Morgan fingerprint density at radius 3 is 2.52 bits per heavy atom. The van der Waals surface area contributed by atoms with Crippen LogP contribution in [0.2, 0.25) is 0 Å². The quantitative estimate of drug-likeness (QED) is 0.487. The highest BCUT2D eigenvalue weighted by molar-refractivity contribution is 9.10. The lowest BCUT2D eigenvalue weighted by Crippen LogP contribution is -2.14. The molecule has 2 rings (SSSR count). The van der Waals surface area contributed by atoms with E-state index >= 15 is 0 Å². The summed E-state index contributed by atoms with van der Waals surface area (Å²) in [4.78, 5) is 9.64. The number of nitrogens with one attached hydrogen (secondary N) is 1. The van der Waals surface area contributed by atoms with Gasteiger partial charge in [0.15, 0.2) is 4.90 Å². The van der Waals surface area contributed by atoms with Gasteiger partial charge in [-0.05, 0) is 24.3 Å². The molecule has 7 nitrogen and oxygen atoms in total. The van der Waals surface area contributed by atoms with E-state index in [1.807, 2.05) is 0 Å². The molecule has 0 aromatic heterocycles. The van der Waals surface area contributed by atoms with Gasteiger partial charge in [0.2, 0.25) is 0 Å². The summed E-state index contributed by atoms with van der Waals surface area (Å²) in [5.41, 5.74) is -0.623. The van der Waals surface area contributed by atoms with Crippen molar-refractivity contribution in [3.63, 3.8) is 0 Å². The third-order valence-electron chi connectivity index (χ3n) is 2.55. The normalized spacial score (nSPS) is 11.1. The van der Waals surface area contributed by atoms with E-state index < -0.39 is 25.5 Å². The number of halogens is 1. The molecule has 0 radical (unpaired) electrons. The molecule has 110 valence electrons. The summed E-state index contributed by atoms with van der Waals surface area (Å²) in [7, 11) is -4.20. The van der Waals surface area contributed by atoms with Crippen molar-refractivity contribution in [2.75, 3.05) is 4.72 Å². The minimum atomic E-state index is -4.20. The minimum absolute atomic E-state index is 0.0810. The molecule has 0 aliphatic heterocycles. The maximum atomic E-state index is 12.2. The second-order valence-corrected chi connectivity index (χ2v) is 6.56. The van der Waals surface area contributed by atoms with Crippen LogP contribution < -0.4 is 4.72 Å². The molecule has 0 atom stereocenters. The summed E-state index contributed by atoms with van der Waals surface area (Å²) in [6, 6.07) is 9.13. The first kappa shape index (κ1) is 15.3. The number of nitro benzene ring substituents is 1. The monoisotopic (exact) mass is 372 g/mol. The molecule has 0 saturated heterocycles. The molecule has 2 aromatic rings. The summed E-state index contributed by atoms with van der Waals surface area (Å²) in [5.74, 6) is -0.291. The van der Waals surface area contributed by atoms with E-state index in [2.05, 4.69) is 20.7 Å². The largest absolute Gasteiger partial charge is 0.506 e. The maximum absolute atomic E-state index is 12.2.